The van der Waals surface area contributed by atoms with Crippen LogP contribution in [0.15, 0.2) is 30.5 Å². The Bertz CT molecular complexity index is 982. The monoisotopic (exact) mass is 503 g/mol. The van der Waals surface area contributed by atoms with Crippen LogP contribution in [0.4, 0.5) is 0 Å². The van der Waals surface area contributed by atoms with Crippen molar-refractivity contribution in [2.75, 3.05) is 34.5 Å². The van der Waals surface area contributed by atoms with E-state index >= 15 is 0 Å². The molecule has 0 radical (unpaired) electrons. The molecule has 35 heavy (non-hydrogen) atoms. The van der Waals surface area contributed by atoms with Gasteiger partial charge in [-0.1, -0.05) is 20.8 Å². The van der Waals surface area contributed by atoms with Crippen LogP contribution >= 0.6 is 0 Å². The van der Waals surface area contributed by atoms with Gasteiger partial charge in [-0.3, -0.25) is 14.7 Å². The molecule has 0 saturated carbocycles. The van der Waals surface area contributed by atoms with E-state index in [0.29, 0.717) is 36.9 Å². The van der Waals surface area contributed by atoms with Crippen LogP contribution in [0.1, 0.15) is 33.3 Å². The van der Waals surface area contributed by atoms with Crippen LogP contribution in [0, 0.1) is 0 Å². The molecule has 1 amide bonds. The lowest BCUT2D eigenvalue weighted by Crippen LogP contribution is -2.46. The minimum Gasteiger partial charge on any atom is -0.493 e. The number of nitrogens with zero attached hydrogens (tertiary/aromatic N) is 2. The third kappa shape index (κ3) is 7.19. The summed E-state index contributed by atoms with van der Waals surface area (Å²) in [6, 6.07) is 7.23. The molecule has 0 aliphatic heterocycles. The number of hydrogen-bond acceptors (Lipinski definition) is 7. The number of pyridine rings is 1. The van der Waals surface area contributed by atoms with Crippen molar-refractivity contribution in [3.63, 3.8) is 0 Å². The van der Waals surface area contributed by atoms with Crippen molar-refractivity contribution < 1.29 is 23.4 Å². The third-order valence-electron chi connectivity index (χ3n) is 6.78. The molecule has 0 aliphatic rings. The van der Waals surface area contributed by atoms with Gasteiger partial charge >= 0.3 is 0 Å². The molecule has 0 fully saturated rings. The number of rotatable bonds is 12. The lowest BCUT2D eigenvalue weighted by atomic mass is 10.1. The van der Waals surface area contributed by atoms with E-state index in [-0.39, 0.29) is 10.9 Å². The van der Waals surface area contributed by atoms with E-state index in [2.05, 4.69) is 38.8 Å². The normalized spacial score (nSPS) is 13.0. The van der Waals surface area contributed by atoms with E-state index in [9.17, 15) is 4.79 Å². The Morgan fingerprint density at radius 1 is 1.09 bits per heavy atom. The Morgan fingerprint density at radius 3 is 2.17 bits per heavy atom. The number of carbonyl (C=O) groups is 1. The maximum atomic E-state index is 12.0. The van der Waals surface area contributed by atoms with E-state index in [0.717, 1.165) is 16.8 Å². The molecule has 0 saturated heterocycles. The van der Waals surface area contributed by atoms with Crippen LogP contribution in [0.2, 0.25) is 18.1 Å². The Kier molecular flexibility index (Phi) is 9.71. The van der Waals surface area contributed by atoms with Gasteiger partial charge in [-0.25, -0.2) is 0 Å². The topological polar surface area (TPSA) is 96.1 Å². The Hall–Kier alpha value is -2.62. The predicted octanol–water partition coefficient (Wildman–Crippen LogP) is 4.47. The first-order valence-corrected chi connectivity index (χ1v) is 14.7. The van der Waals surface area contributed by atoms with Crippen LogP contribution in [-0.4, -0.2) is 64.6 Å². The summed E-state index contributed by atoms with van der Waals surface area (Å²) in [5.41, 5.74) is 8.25. The number of aromatic nitrogens is 1. The van der Waals surface area contributed by atoms with Gasteiger partial charge in [0.05, 0.1) is 33.1 Å². The molecule has 0 spiro atoms. The van der Waals surface area contributed by atoms with Crippen molar-refractivity contribution in [3.8, 4) is 28.5 Å². The lowest BCUT2D eigenvalue weighted by molar-refractivity contribution is -0.123. The van der Waals surface area contributed by atoms with E-state index < -0.39 is 14.4 Å². The van der Waals surface area contributed by atoms with Crippen molar-refractivity contribution in [2.45, 2.75) is 58.4 Å². The van der Waals surface area contributed by atoms with Gasteiger partial charge < -0.3 is 24.4 Å². The van der Waals surface area contributed by atoms with Gasteiger partial charge in [0, 0.05) is 31.5 Å². The largest absolute Gasteiger partial charge is 0.493 e. The summed E-state index contributed by atoms with van der Waals surface area (Å²) in [6.07, 6.45) is 1.76. The summed E-state index contributed by atoms with van der Waals surface area (Å²) in [7, 11) is 2.85. The first kappa shape index (κ1) is 28.6. The maximum absolute atomic E-state index is 12.0. The third-order valence-corrected chi connectivity index (χ3v) is 11.3. The molecule has 2 N–H and O–H groups in total. The second kappa shape index (κ2) is 11.9. The van der Waals surface area contributed by atoms with Gasteiger partial charge in [0.2, 0.25) is 11.7 Å². The Balaban J connectivity index is 2.29. The highest BCUT2D eigenvalue weighted by molar-refractivity contribution is 6.74. The molecule has 0 bridgehead atoms. The molecule has 194 valence electrons. The summed E-state index contributed by atoms with van der Waals surface area (Å²) < 4.78 is 22.7. The first-order valence-electron chi connectivity index (χ1n) is 11.8. The minimum atomic E-state index is -1.89. The number of benzene rings is 1. The zero-order valence-corrected chi connectivity index (χ0v) is 23.6. The SMILES string of the molecule is COc1cc(-c2cc(CN(CCO[Si](C)(C)C(C)(C)C)[C@@H](C)C(N)=O)ccn2)cc(OC)c1OC. The summed E-state index contributed by atoms with van der Waals surface area (Å²) >= 11 is 0. The summed E-state index contributed by atoms with van der Waals surface area (Å²) in [6.45, 7) is 14.6. The molecule has 0 unspecified atom stereocenters. The molecule has 8 nitrogen and oxygen atoms in total. The van der Waals surface area contributed by atoms with E-state index in [1.165, 1.54) is 0 Å². The smallest absolute Gasteiger partial charge is 0.234 e. The van der Waals surface area contributed by atoms with Crippen molar-refractivity contribution in [1.29, 1.82) is 0 Å². The average Bonchev–Trinajstić information content (AvgIpc) is 2.81. The maximum Gasteiger partial charge on any atom is 0.234 e. The quantitative estimate of drug-likeness (QED) is 0.427. The highest BCUT2D eigenvalue weighted by Crippen LogP contribution is 2.41. The van der Waals surface area contributed by atoms with Crippen LogP contribution in [0.5, 0.6) is 17.2 Å². The number of amides is 1. The zero-order valence-electron chi connectivity index (χ0n) is 22.6. The molecule has 1 heterocycles. The molecule has 2 aromatic rings. The number of primary amides is 1. The van der Waals surface area contributed by atoms with Crippen LogP contribution in [0.25, 0.3) is 11.3 Å². The molecule has 1 aromatic heterocycles. The lowest BCUT2D eigenvalue weighted by Gasteiger charge is -2.37. The first-order chi connectivity index (χ1) is 16.3. The van der Waals surface area contributed by atoms with Gasteiger partial charge in [0.15, 0.2) is 19.8 Å². The minimum absolute atomic E-state index is 0.119. The van der Waals surface area contributed by atoms with E-state index in [4.69, 9.17) is 24.4 Å². The Labute approximate surface area is 210 Å². The van der Waals surface area contributed by atoms with Crippen molar-refractivity contribution in [2.24, 2.45) is 5.73 Å². The van der Waals surface area contributed by atoms with Gasteiger partial charge in [0.25, 0.3) is 0 Å². The Morgan fingerprint density at radius 2 is 1.69 bits per heavy atom. The van der Waals surface area contributed by atoms with Gasteiger partial charge in [0.1, 0.15) is 0 Å². The summed E-state index contributed by atoms with van der Waals surface area (Å²) in [5.74, 6) is 1.27. The number of carbonyl (C=O) groups excluding carboxylic acids is 1. The standard InChI is InChI=1S/C26H41N3O5Si/c1-18(25(27)30)29(12-13-34-35(8,9)26(2,3)4)17-19-10-11-28-21(14-19)20-15-22(31-5)24(33-7)23(16-20)32-6/h10-11,14-16,18H,12-13,17H2,1-9H3,(H2,27,30)/t18-/m0/s1. The van der Waals surface area contributed by atoms with Crippen molar-refractivity contribution in [3.05, 3.63) is 36.0 Å². The number of nitrogens with two attached hydrogens (primary N) is 1. The zero-order chi connectivity index (χ0) is 26.4. The molecule has 1 aromatic carbocycles. The molecular formula is C26H41N3O5Si. The molecule has 9 heteroatoms. The van der Waals surface area contributed by atoms with Crippen LogP contribution in [-0.2, 0) is 15.8 Å². The van der Waals surface area contributed by atoms with Gasteiger partial charge in [-0.15, -0.1) is 0 Å². The van der Waals surface area contributed by atoms with Gasteiger partial charge in [-0.05, 0) is 54.9 Å². The second-order valence-corrected chi connectivity index (χ2v) is 14.9. The van der Waals surface area contributed by atoms with Crippen molar-refractivity contribution >= 4 is 14.2 Å². The van der Waals surface area contributed by atoms with E-state index in [1.807, 2.05) is 36.1 Å². The average molecular weight is 504 g/mol. The molecule has 0 aliphatic carbocycles. The number of methoxy groups -OCH3 is 3. The second-order valence-electron chi connectivity index (χ2n) is 10.1. The summed E-state index contributed by atoms with van der Waals surface area (Å²) in [4.78, 5) is 18.6. The molecule has 1 atom stereocenters. The molecule has 2 rings (SSSR count). The molecular weight excluding hydrogens is 462 g/mol. The fourth-order valence-electron chi connectivity index (χ4n) is 3.42. The highest BCUT2D eigenvalue weighted by Gasteiger charge is 2.37. The van der Waals surface area contributed by atoms with Crippen LogP contribution in [0.3, 0.4) is 0 Å². The van der Waals surface area contributed by atoms with Crippen LogP contribution < -0.4 is 19.9 Å². The van der Waals surface area contributed by atoms with Gasteiger partial charge in [-0.2, -0.15) is 0 Å². The fraction of sp³-hybridized carbons (Fsp3) is 0.538. The highest BCUT2D eigenvalue weighted by atomic mass is 28.4. The van der Waals surface area contributed by atoms with Crippen molar-refractivity contribution in [1.82, 2.24) is 9.88 Å². The number of ether oxygens (including phenoxy) is 3. The number of hydrogen-bond donors (Lipinski definition) is 1. The fourth-order valence-corrected chi connectivity index (χ4v) is 4.45. The predicted molar refractivity (Wildman–Crippen MR) is 142 cm³/mol. The summed E-state index contributed by atoms with van der Waals surface area (Å²) in [5, 5.41) is 0.119. The van der Waals surface area contributed by atoms with E-state index in [1.54, 1.807) is 27.5 Å².